The predicted molar refractivity (Wildman–Crippen MR) is 78.2 cm³/mol. The minimum Gasteiger partial charge on any atom is -0.355 e. The average molecular weight is 316 g/mol. The van der Waals surface area contributed by atoms with E-state index in [9.17, 15) is 4.79 Å². The van der Waals surface area contributed by atoms with E-state index in [0.717, 1.165) is 23.2 Å². The molecule has 0 spiro atoms. The molecule has 0 heterocycles. The van der Waals surface area contributed by atoms with Gasteiger partial charge in [-0.3, -0.25) is 4.79 Å². The Bertz CT molecular complexity index is 370. The smallest absolute Gasteiger partial charge is 0.232 e. The predicted octanol–water partition coefficient (Wildman–Crippen LogP) is 3.60. The van der Waals surface area contributed by atoms with Crippen LogP contribution in [0.4, 0.5) is 0 Å². The number of nitrogens with one attached hydrogen (secondary N) is 1. The Morgan fingerprint density at radius 3 is 2.94 bits per heavy atom. The van der Waals surface area contributed by atoms with E-state index in [1.54, 1.807) is 11.8 Å². The molecule has 1 aromatic carbocycles. The van der Waals surface area contributed by atoms with Gasteiger partial charge in [-0.15, -0.1) is 11.8 Å². The van der Waals surface area contributed by atoms with Crippen LogP contribution in [0.15, 0.2) is 28.7 Å². The van der Waals surface area contributed by atoms with Gasteiger partial charge in [-0.25, -0.2) is 0 Å². The SMILES string of the molecule is CCCNC(=O)C(C)SCc1cccc(Br)c1. The molecule has 0 bridgehead atoms. The lowest BCUT2D eigenvalue weighted by atomic mass is 10.2. The lowest BCUT2D eigenvalue weighted by Gasteiger charge is -2.11. The fourth-order valence-corrected chi connectivity index (χ4v) is 2.62. The number of benzene rings is 1. The molecule has 1 rings (SSSR count). The van der Waals surface area contributed by atoms with Crippen LogP contribution in [0.5, 0.6) is 0 Å². The Balaban J connectivity index is 2.37. The van der Waals surface area contributed by atoms with Crippen molar-refractivity contribution in [3.63, 3.8) is 0 Å². The van der Waals surface area contributed by atoms with E-state index in [0.29, 0.717) is 0 Å². The lowest BCUT2D eigenvalue weighted by molar-refractivity contribution is -0.120. The van der Waals surface area contributed by atoms with Crippen molar-refractivity contribution < 1.29 is 4.79 Å². The normalized spacial score (nSPS) is 12.2. The summed E-state index contributed by atoms with van der Waals surface area (Å²) in [5, 5.41) is 2.91. The molecule has 0 radical (unpaired) electrons. The van der Waals surface area contributed by atoms with Crippen molar-refractivity contribution >= 4 is 33.6 Å². The largest absolute Gasteiger partial charge is 0.355 e. The van der Waals surface area contributed by atoms with E-state index >= 15 is 0 Å². The van der Waals surface area contributed by atoms with Crippen LogP contribution in [0.25, 0.3) is 0 Å². The van der Waals surface area contributed by atoms with Gasteiger partial charge in [0.1, 0.15) is 0 Å². The van der Waals surface area contributed by atoms with Crippen molar-refractivity contribution in [3.8, 4) is 0 Å². The third-order valence-corrected chi connectivity index (χ3v) is 4.01. The van der Waals surface area contributed by atoms with Crippen molar-refractivity contribution in [2.75, 3.05) is 6.54 Å². The quantitative estimate of drug-likeness (QED) is 0.869. The summed E-state index contributed by atoms with van der Waals surface area (Å²) >= 11 is 5.11. The first-order valence-electron chi connectivity index (χ1n) is 5.77. The molecule has 0 saturated heterocycles. The fourth-order valence-electron chi connectivity index (χ4n) is 1.32. The molecule has 0 aliphatic rings. The maximum Gasteiger partial charge on any atom is 0.232 e. The highest BCUT2D eigenvalue weighted by Crippen LogP contribution is 2.20. The van der Waals surface area contributed by atoms with E-state index in [1.165, 1.54) is 5.56 Å². The van der Waals surface area contributed by atoms with Gasteiger partial charge in [-0.05, 0) is 31.0 Å². The highest BCUT2D eigenvalue weighted by Gasteiger charge is 2.12. The van der Waals surface area contributed by atoms with Crippen molar-refractivity contribution in [1.29, 1.82) is 0 Å². The molecule has 1 amide bonds. The van der Waals surface area contributed by atoms with Crippen LogP contribution in [0.2, 0.25) is 0 Å². The number of carbonyl (C=O) groups is 1. The van der Waals surface area contributed by atoms with E-state index < -0.39 is 0 Å². The lowest BCUT2D eigenvalue weighted by Crippen LogP contribution is -2.31. The van der Waals surface area contributed by atoms with E-state index in [1.807, 2.05) is 19.1 Å². The molecule has 17 heavy (non-hydrogen) atoms. The first kappa shape index (κ1) is 14.6. The second kappa shape index (κ2) is 7.77. The van der Waals surface area contributed by atoms with Gasteiger partial charge in [0.15, 0.2) is 0 Å². The zero-order chi connectivity index (χ0) is 12.7. The van der Waals surface area contributed by atoms with E-state index in [-0.39, 0.29) is 11.2 Å². The first-order chi connectivity index (χ1) is 8.13. The summed E-state index contributed by atoms with van der Waals surface area (Å²) < 4.78 is 1.08. The minimum atomic E-state index is 0.000492. The highest BCUT2D eigenvalue weighted by molar-refractivity contribution is 9.10. The first-order valence-corrected chi connectivity index (χ1v) is 7.61. The summed E-state index contributed by atoms with van der Waals surface area (Å²) in [5.41, 5.74) is 1.24. The fraction of sp³-hybridized carbons (Fsp3) is 0.462. The van der Waals surface area contributed by atoms with Crippen LogP contribution in [0, 0.1) is 0 Å². The molecule has 1 unspecified atom stereocenters. The van der Waals surface area contributed by atoms with Gasteiger partial charge in [0.25, 0.3) is 0 Å². The molecule has 1 N–H and O–H groups in total. The second-order valence-electron chi connectivity index (χ2n) is 3.87. The summed E-state index contributed by atoms with van der Waals surface area (Å²) in [4.78, 5) is 11.6. The highest BCUT2D eigenvalue weighted by atomic mass is 79.9. The molecule has 0 saturated carbocycles. The summed E-state index contributed by atoms with van der Waals surface area (Å²) in [7, 11) is 0. The van der Waals surface area contributed by atoms with E-state index in [2.05, 4.69) is 40.3 Å². The van der Waals surface area contributed by atoms with Crippen molar-refractivity contribution in [3.05, 3.63) is 34.3 Å². The van der Waals surface area contributed by atoms with Crippen molar-refractivity contribution in [2.24, 2.45) is 0 Å². The molecule has 94 valence electrons. The van der Waals surface area contributed by atoms with Gasteiger partial charge in [-0.2, -0.15) is 0 Å². The molecule has 2 nitrogen and oxygen atoms in total. The number of amides is 1. The monoisotopic (exact) mass is 315 g/mol. The third kappa shape index (κ3) is 5.59. The minimum absolute atomic E-state index is 0.000492. The van der Waals surface area contributed by atoms with Crippen molar-refractivity contribution in [1.82, 2.24) is 5.32 Å². The Morgan fingerprint density at radius 2 is 2.29 bits per heavy atom. The maximum atomic E-state index is 11.6. The molecular formula is C13H18BrNOS. The second-order valence-corrected chi connectivity index (χ2v) is 6.12. The number of thioether (sulfide) groups is 1. The summed E-state index contributed by atoms with van der Waals surface area (Å²) in [5.74, 6) is 0.993. The zero-order valence-corrected chi connectivity index (χ0v) is 12.6. The molecule has 1 atom stereocenters. The van der Waals surface area contributed by atoms with Gasteiger partial charge in [-0.1, -0.05) is 35.0 Å². The number of hydrogen-bond donors (Lipinski definition) is 1. The van der Waals surface area contributed by atoms with Crippen LogP contribution in [0.1, 0.15) is 25.8 Å². The van der Waals surface area contributed by atoms with Crippen LogP contribution >= 0.6 is 27.7 Å². The molecule has 0 fully saturated rings. The number of rotatable bonds is 6. The number of hydrogen-bond acceptors (Lipinski definition) is 2. The molecule has 0 aliphatic carbocycles. The Labute approximate surface area is 116 Å². The summed E-state index contributed by atoms with van der Waals surface area (Å²) in [6.45, 7) is 4.77. The van der Waals surface area contributed by atoms with Gasteiger partial charge in [0, 0.05) is 16.8 Å². The average Bonchev–Trinajstić information content (AvgIpc) is 2.33. The summed E-state index contributed by atoms with van der Waals surface area (Å²) in [6.07, 6.45) is 0.981. The van der Waals surface area contributed by atoms with E-state index in [4.69, 9.17) is 0 Å². The van der Waals surface area contributed by atoms with Gasteiger partial charge < -0.3 is 5.32 Å². The Morgan fingerprint density at radius 1 is 1.53 bits per heavy atom. The molecule has 4 heteroatoms. The number of carbonyl (C=O) groups excluding carboxylic acids is 1. The topological polar surface area (TPSA) is 29.1 Å². The van der Waals surface area contributed by atoms with Crippen LogP contribution in [-0.2, 0) is 10.5 Å². The van der Waals surface area contributed by atoms with Crippen LogP contribution < -0.4 is 5.32 Å². The van der Waals surface area contributed by atoms with Gasteiger partial charge in [0.05, 0.1) is 5.25 Å². The third-order valence-electron chi connectivity index (χ3n) is 2.31. The van der Waals surface area contributed by atoms with Gasteiger partial charge in [0.2, 0.25) is 5.91 Å². The van der Waals surface area contributed by atoms with Crippen LogP contribution in [-0.4, -0.2) is 17.7 Å². The Hall–Kier alpha value is -0.480. The van der Waals surface area contributed by atoms with Crippen LogP contribution in [0.3, 0.4) is 0 Å². The maximum absolute atomic E-state index is 11.6. The Kier molecular flexibility index (Phi) is 6.66. The summed E-state index contributed by atoms with van der Waals surface area (Å²) in [6, 6.07) is 8.19. The number of halogens is 1. The molecule has 0 aliphatic heterocycles. The molecule has 0 aromatic heterocycles. The molecule has 1 aromatic rings. The molecular weight excluding hydrogens is 298 g/mol. The van der Waals surface area contributed by atoms with Gasteiger partial charge >= 0.3 is 0 Å². The zero-order valence-electron chi connectivity index (χ0n) is 10.2. The standard InChI is InChI=1S/C13H18BrNOS/c1-3-7-15-13(16)10(2)17-9-11-5-4-6-12(14)8-11/h4-6,8,10H,3,7,9H2,1-2H3,(H,15,16). The van der Waals surface area contributed by atoms with Crippen molar-refractivity contribution in [2.45, 2.75) is 31.3 Å².